The number of rotatable bonds is 2. The molecule has 1 rings (SSSR count). The summed E-state index contributed by atoms with van der Waals surface area (Å²) in [6.07, 6.45) is 4.84. The number of alkyl halides is 2. The van der Waals surface area contributed by atoms with E-state index in [1.807, 2.05) is 0 Å². The molecule has 0 fully saturated rings. The molecule has 0 saturated carbocycles. The minimum atomic E-state index is -2.86. The first-order chi connectivity index (χ1) is 5.96. The van der Waals surface area contributed by atoms with Crippen LogP contribution in [0, 0.1) is 0 Å². The summed E-state index contributed by atoms with van der Waals surface area (Å²) in [5, 5.41) is 17.4. The van der Waals surface area contributed by atoms with E-state index in [0.717, 1.165) is 12.2 Å². The lowest BCUT2D eigenvalue weighted by Gasteiger charge is -2.33. The summed E-state index contributed by atoms with van der Waals surface area (Å²) in [7, 11) is -2.42. The SMILES string of the molecule is C=CC1(F)C=CC=CC1(F)B(O)O. The van der Waals surface area contributed by atoms with Gasteiger partial charge in [0.2, 0.25) is 5.57 Å². The van der Waals surface area contributed by atoms with Crippen LogP contribution in [0.3, 0.4) is 0 Å². The van der Waals surface area contributed by atoms with Crippen molar-refractivity contribution in [1.29, 1.82) is 0 Å². The van der Waals surface area contributed by atoms with Crippen molar-refractivity contribution in [1.82, 2.24) is 0 Å². The summed E-state index contributed by atoms with van der Waals surface area (Å²) in [5.74, 6) is 0. The average Bonchev–Trinajstić information content (AvgIpc) is 2.10. The van der Waals surface area contributed by atoms with Gasteiger partial charge >= 0.3 is 7.12 Å². The highest BCUT2D eigenvalue weighted by atomic mass is 19.2. The van der Waals surface area contributed by atoms with Gasteiger partial charge in [0.05, 0.1) is 0 Å². The summed E-state index contributed by atoms with van der Waals surface area (Å²) >= 11 is 0. The Morgan fingerprint density at radius 1 is 1.23 bits per heavy atom. The van der Waals surface area contributed by atoms with Gasteiger partial charge in [0.1, 0.15) is 0 Å². The second-order valence-corrected chi connectivity index (χ2v) is 2.83. The lowest BCUT2D eigenvalue weighted by Crippen LogP contribution is -2.55. The highest BCUT2D eigenvalue weighted by molar-refractivity contribution is 6.46. The molecule has 0 aliphatic heterocycles. The highest BCUT2D eigenvalue weighted by Gasteiger charge is 2.57. The van der Waals surface area contributed by atoms with Crippen LogP contribution in [-0.4, -0.2) is 28.4 Å². The largest absolute Gasteiger partial charge is 0.500 e. The normalized spacial score (nSPS) is 37.5. The van der Waals surface area contributed by atoms with E-state index >= 15 is 0 Å². The minimum absolute atomic E-state index is 0.701. The molecule has 0 saturated heterocycles. The van der Waals surface area contributed by atoms with Crippen LogP contribution in [0.25, 0.3) is 0 Å². The molecule has 0 spiro atoms. The molecular formula is C8H9BF2O2. The quantitative estimate of drug-likeness (QED) is 0.492. The molecule has 0 aromatic carbocycles. The van der Waals surface area contributed by atoms with E-state index in [4.69, 9.17) is 10.0 Å². The van der Waals surface area contributed by atoms with Gasteiger partial charge in [-0.15, -0.1) is 0 Å². The van der Waals surface area contributed by atoms with E-state index in [0.29, 0.717) is 6.08 Å². The molecule has 5 heteroatoms. The summed E-state index contributed by atoms with van der Waals surface area (Å²) in [5.41, 5.74) is -5.43. The minimum Gasteiger partial charge on any atom is -0.425 e. The fourth-order valence-electron chi connectivity index (χ4n) is 1.16. The third kappa shape index (κ3) is 1.34. The predicted molar refractivity (Wildman–Crippen MR) is 46.3 cm³/mol. The van der Waals surface area contributed by atoms with Crippen molar-refractivity contribution in [3.8, 4) is 0 Å². The lowest BCUT2D eigenvalue weighted by atomic mass is 9.59. The summed E-state index contributed by atoms with van der Waals surface area (Å²) in [6.45, 7) is 3.11. The topological polar surface area (TPSA) is 40.5 Å². The predicted octanol–water partition coefficient (Wildman–Crippen LogP) is 0.727. The molecule has 2 unspecified atom stereocenters. The van der Waals surface area contributed by atoms with Gasteiger partial charge in [0.15, 0.2) is 5.67 Å². The Morgan fingerprint density at radius 3 is 2.15 bits per heavy atom. The van der Waals surface area contributed by atoms with Crippen LogP contribution in [0.1, 0.15) is 0 Å². The Balaban J connectivity index is 3.15. The molecule has 0 bridgehead atoms. The van der Waals surface area contributed by atoms with Gasteiger partial charge in [0.25, 0.3) is 0 Å². The molecule has 1 aliphatic rings. The zero-order valence-corrected chi connectivity index (χ0v) is 6.82. The standard InChI is InChI=1S/C8H9BF2O2/c1-2-7(10)5-3-4-6-8(7,11)9(12)13/h2-6,12-13H,1H2. The van der Waals surface area contributed by atoms with Crippen LogP contribution in [0.15, 0.2) is 37.0 Å². The molecule has 0 aromatic rings. The molecule has 0 radical (unpaired) electrons. The van der Waals surface area contributed by atoms with Crippen molar-refractivity contribution in [2.75, 3.05) is 0 Å². The van der Waals surface area contributed by atoms with Crippen molar-refractivity contribution in [2.45, 2.75) is 11.2 Å². The Kier molecular flexibility index (Phi) is 2.41. The Labute approximate surface area is 75.0 Å². The fourth-order valence-corrected chi connectivity index (χ4v) is 1.16. The van der Waals surface area contributed by atoms with Crippen LogP contribution in [0.2, 0.25) is 0 Å². The first kappa shape index (κ1) is 10.1. The first-order valence-corrected chi connectivity index (χ1v) is 3.71. The summed E-state index contributed by atoms with van der Waals surface area (Å²) in [4.78, 5) is 0. The van der Waals surface area contributed by atoms with E-state index in [2.05, 4.69) is 6.58 Å². The average molecular weight is 186 g/mol. The molecule has 1 aliphatic carbocycles. The van der Waals surface area contributed by atoms with E-state index in [1.165, 1.54) is 12.2 Å². The number of halogens is 2. The van der Waals surface area contributed by atoms with Crippen LogP contribution < -0.4 is 0 Å². The monoisotopic (exact) mass is 186 g/mol. The van der Waals surface area contributed by atoms with Crippen LogP contribution in [-0.2, 0) is 0 Å². The van der Waals surface area contributed by atoms with E-state index in [9.17, 15) is 8.78 Å². The Hall–Kier alpha value is -0.935. The molecule has 0 amide bonds. The highest BCUT2D eigenvalue weighted by Crippen LogP contribution is 2.37. The smallest absolute Gasteiger partial charge is 0.425 e. The van der Waals surface area contributed by atoms with Crippen molar-refractivity contribution in [3.05, 3.63) is 37.0 Å². The molecule has 70 valence electrons. The van der Waals surface area contributed by atoms with Gasteiger partial charge in [-0.05, 0) is 18.2 Å². The third-order valence-electron chi connectivity index (χ3n) is 2.05. The molecule has 0 aromatic heterocycles. The van der Waals surface area contributed by atoms with Gasteiger partial charge in [0, 0.05) is 0 Å². The van der Waals surface area contributed by atoms with Crippen molar-refractivity contribution < 1.29 is 18.8 Å². The molecule has 13 heavy (non-hydrogen) atoms. The van der Waals surface area contributed by atoms with Gasteiger partial charge < -0.3 is 10.0 Å². The maximum atomic E-state index is 13.7. The summed E-state index contributed by atoms with van der Waals surface area (Å²) < 4.78 is 27.3. The van der Waals surface area contributed by atoms with Gasteiger partial charge in [-0.1, -0.05) is 18.7 Å². The molecule has 0 heterocycles. The van der Waals surface area contributed by atoms with Crippen molar-refractivity contribution >= 4 is 7.12 Å². The Morgan fingerprint density at radius 2 is 1.77 bits per heavy atom. The number of hydrogen-bond donors (Lipinski definition) is 2. The Bertz CT molecular complexity index is 277. The third-order valence-corrected chi connectivity index (χ3v) is 2.05. The first-order valence-electron chi connectivity index (χ1n) is 3.71. The van der Waals surface area contributed by atoms with E-state index in [1.54, 1.807) is 0 Å². The van der Waals surface area contributed by atoms with Gasteiger partial charge in [-0.3, -0.25) is 0 Å². The molecule has 2 nitrogen and oxygen atoms in total. The second kappa shape index (κ2) is 3.08. The maximum absolute atomic E-state index is 13.7. The molecular weight excluding hydrogens is 177 g/mol. The molecule has 2 N–H and O–H groups in total. The second-order valence-electron chi connectivity index (χ2n) is 2.83. The zero-order chi connectivity index (χ0) is 10.1. The lowest BCUT2D eigenvalue weighted by molar-refractivity contribution is 0.101. The number of hydrogen-bond acceptors (Lipinski definition) is 2. The van der Waals surface area contributed by atoms with E-state index < -0.39 is 18.4 Å². The van der Waals surface area contributed by atoms with Gasteiger partial charge in [-0.25, -0.2) is 8.78 Å². The van der Waals surface area contributed by atoms with Crippen LogP contribution in [0.4, 0.5) is 8.78 Å². The van der Waals surface area contributed by atoms with Crippen molar-refractivity contribution in [2.24, 2.45) is 0 Å². The van der Waals surface area contributed by atoms with Crippen LogP contribution >= 0.6 is 0 Å². The number of allylic oxidation sites excluding steroid dienone is 5. The summed E-state index contributed by atoms with van der Waals surface area (Å²) in [6, 6.07) is 0. The molecule has 2 atom stereocenters. The van der Waals surface area contributed by atoms with Gasteiger partial charge in [-0.2, -0.15) is 0 Å². The maximum Gasteiger partial charge on any atom is 0.500 e. The zero-order valence-electron chi connectivity index (χ0n) is 6.82. The van der Waals surface area contributed by atoms with Crippen molar-refractivity contribution in [3.63, 3.8) is 0 Å². The van der Waals surface area contributed by atoms with E-state index in [-0.39, 0.29) is 0 Å². The fraction of sp³-hybridized carbons (Fsp3) is 0.250. The van der Waals surface area contributed by atoms with Crippen LogP contribution in [0.5, 0.6) is 0 Å².